The molecule has 5 N–H and O–H groups in total. The first-order chi connectivity index (χ1) is 4.93. The molecule has 0 unspecified atom stereocenters. The van der Waals surface area contributed by atoms with Crippen LogP contribution in [0.4, 0.5) is 0 Å². The van der Waals surface area contributed by atoms with Crippen molar-refractivity contribution in [2.75, 3.05) is 0 Å². The van der Waals surface area contributed by atoms with Crippen LogP contribution in [-0.4, -0.2) is 25.5 Å². The minimum absolute atomic E-state index is 0.655. The molecule has 11 heavy (non-hydrogen) atoms. The molecule has 0 aliphatic carbocycles. The van der Waals surface area contributed by atoms with E-state index in [4.69, 9.17) is 25.5 Å². The van der Waals surface area contributed by atoms with Gasteiger partial charge in [0.2, 0.25) is 11.5 Å². The van der Waals surface area contributed by atoms with Crippen molar-refractivity contribution in [1.29, 1.82) is 0 Å². The molecule has 0 saturated heterocycles. The molecule has 1 rings (SSSR count). The van der Waals surface area contributed by atoms with E-state index in [9.17, 15) is 0 Å². The van der Waals surface area contributed by atoms with Gasteiger partial charge in [-0.15, -0.1) is 0 Å². The molecule has 0 atom stereocenters. The first kappa shape index (κ1) is 7.86. The quantitative estimate of drug-likeness (QED) is 0.330. The molecule has 0 amide bonds. The highest BCUT2D eigenvalue weighted by molar-refractivity contribution is 5.39. The highest BCUT2D eigenvalue weighted by Crippen LogP contribution is 2.35. The summed E-state index contributed by atoms with van der Waals surface area (Å²) in [6.45, 7) is 0. The number of furan rings is 1. The highest BCUT2D eigenvalue weighted by atomic mass is 16.7. The molecule has 0 radical (unpaired) electrons. The van der Waals surface area contributed by atoms with Crippen molar-refractivity contribution < 1.29 is 29.9 Å². The lowest BCUT2D eigenvalue weighted by Gasteiger charge is -2.09. The monoisotopic (exact) mass is 162 g/mol. The predicted octanol–water partition coefficient (Wildman–Crippen LogP) is -1.22. The zero-order valence-corrected chi connectivity index (χ0v) is 5.22. The van der Waals surface area contributed by atoms with Crippen molar-refractivity contribution in [2.24, 2.45) is 0 Å². The van der Waals surface area contributed by atoms with Crippen molar-refractivity contribution in [3.8, 4) is 11.5 Å². The van der Waals surface area contributed by atoms with E-state index in [0.717, 1.165) is 0 Å². The summed E-state index contributed by atoms with van der Waals surface area (Å²) in [5, 5.41) is 42.7. The fraction of sp³-hybridized carbons (Fsp3) is 0.200. The number of hydrogen-bond donors (Lipinski definition) is 5. The minimum atomic E-state index is -3.27. The van der Waals surface area contributed by atoms with Crippen LogP contribution in [0.1, 0.15) is 5.76 Å². The summed E-state index contributed by atoms with van der Waals surface area (Å²) in [6, 6.07) is 0. The highest BCUT2D eigenvalue weighted by Gasteiger charge is 2.32. The third-order valence-corrected chi connectivity index (χ3v) is 1.05. The average Bonchev–Trinajstić information content (AvgIpc) is 2.11. The topological polar surface area (TPSA) is 114 Å². The van der Waals surface area contributed by atoms with Crippen molar-refractivity contribution in [1.82, 2.24) is 0 Å². The Labute approximate surface area is 60.6 Å². The Bertz CT molecular complexity index is 256. The van der Waals surface area contributed by atoms with E-state index >= 15 is 0 Å². The lowest BCUT2D eigenvalue weighted by Crippen LogP contribution is -2.22. The fourth-order valence-corrected chi connectivity index (χ4v) is 0.581. The van der Waals surface area contributed by atoms with Crippen LogP contribution in [0.2, 0.25) is 0 Å². The molecule has 1 aromatic rings. The van der Waals surface area contributed by atoms with Gasteiger partial charge in [-0.1, -0.05) is 0 Å². The molecular formula is C5H6O6. The number of aromatic hydroxyl groups is 2. The second kappa shape index (κ2) is 2.12. The normalized spacial score (nSPS) is 11.9. The van der Waals surface area contributed by atoms with Crippen LogP contribution in [-0.2, 0) is 5.97 Å². The van der Waals surface area contributed by atoms with Crippen LogP contribution in [0.15, 0.2) is 10.7 Å². The van der Waals surface area contributed by atoms with Crippen LogP contribution in [0.5, 0.6) is 11.5 Å². The van der Waals surface area contributed by atoms with E-state index in [1.54, 1.807) is 0 Å². The van der Waals surface area contributed by atoms with E-state index in [0.29, 0.717) is 6.26 Å². The summed E-state index contributed by atoms with van der Waals surface area (Å²) in [4.78, 5) is 0. The Kier molecular flexibility index (Phi) is 1.52. The van der Waals surface area contributed by atoms with Crippen LogP contribution < -0.4 is 0 Å². The molecule has 1 aromatic heterocycles. The van der Waals surface area contributed by atoms with Crippen molar-refractivity contribution in [3.05, 3.63) is 12.0 Å². The van der Waals surface area contributed by atoms with Crippen LogP contribution in [0.3, 0.4) is 0 Å². The SMILES string of the molecule is Oc1coc(C(O)(O)O)c1O. The van der Waals surface area contributed by atoms with Crippen molar-refractivity contribution in [2.45, 2.75) is 5.97 Å². The lowest BCUT2D eigenvalue weighted by atomic mass is 10.3. The van der Waals surface area contributed by atoms with E-state index in [2.05, 4.69) is 4.42 Å². The molecule has 62 valence electrons. The zero-order valence-electron chi connectivity index (χ0n) is 5.22. The summed E-state index contributed by atoms with van der Waals surface area (Å²) in [7, 11) is 0. The van der Waals surface area contributed by atoms with Gasteiger partial charge in [0.1, 0.15) is 6.26 Å². The molecule has 1 heterocycles. The van der Waals surface area contributed by atoms with E-state index in [1.807, 2.05) is 0 Å². The van der Waals surface area contributed by atoms with Gasteiger partial charge in [0.25, 0.3) is 0 Å². The van der Waals surface area contributed by atoms with Crippen molar-refractivity contribution in [3.63, 3.8) is 0 Å². The van der Waals surface area contributed by atoms with E-state index in [1.165, 1.54) is 0 Å². The molecule has 0 aromatic carbocycles. The number of aliphatic hydroxyl groups is 3. The van der Waals surface area contributed by atoms with Gasteiger partial charge in [0.05, 0.1) is 0 Å². The molecule has 6 nitrogen and oxygen atoms in total. The summed E-state index contributed by atoms with van der Waals surface area (Å²) < 4.78 is 4.21. The van der Waals surface area contributed by atoms with Gasteiger partial charge in [0.15, 0.2) is 5.75 Å². The minimum Gasteiger partial charge on any atom is -0.502 e. The predicted molar refractivity (Wildman–Crippen MR) is 30.4 cm³/mol. The maximum absolute atomic E-state index is 8.75. The van der Waals surface area contributed by atoms with Crippen LogP contribution >= 0.6 is 0 Å². The summed E-state index contributed by atoms with van der Waals surface area (Å²) in [6.07, 6.45) is 0.655. The largest absolute Gasteiger partial charge is 0.502 e. The van der Waals surface area contributed by atoms with E-state index < -0.39 is 23.2 Å². The zero-order chi connectivity index (χ0) is 8.65. The Morgan fingerprint density at radius 3 is 1.91 bits per heavy atom. The summed E-state index contributed by atoms with van der Waals surface area (Å²) >= 11 is 0. The standard InChI is InChI=1S/C5H6O6/c6-2-1-11-4(3(2)7)5(8,9)10/h1,6-10H. The first-order valence-electron chi connectivity index (χ1n) is 2.60. The van der Waals surface area contributed by atoms with Gasteiger partial charge in [0, 0.05) is 0 Å². The molecule has 0 aliphatic rings. The Morgan fingerprint density at radius 1 is 1.18 bits per heavy atom. The second-order valence-electron chi connectivity index (χ2n) is 1.93. The lowest BCUT2D eigenvalue weighted by molar-refractivity contribution is -0.333. The Hall–Kier alpha value is -1.24. The third kappa shape index (κ3) is 1.27. The average molecular weight is 162 g/mol. The van der Waals surface area contributed by atoms with Crippen LogP contribution in [0.25, 0.3) is 0 Å². The van der Waals surface area contributed by atoms with E-state index in [-0.39, 0.29) is 0 Å². The molecule has 0 bridgehead atoms. The van der Waals surface area contributed by atoms with Crippen LogP contribution in [0, 0.1) is 0 Å². The number of hydrogen-bond acceptors (Lipinski definition) is 6. The van der Waals surface area contributed by atoms with Gasteiger partial charge in [-0.3, -0.25) is 0 Å². The Morgan fingerprint density at radius 2 is 1.73 bits per heavy atom. The van der Waals surface area contributed by atoms with Gasteiger partial charge >= 0.3 is 5.97 Å². The molecule has 0 saturated carbocycles. The van der Waals surface area contributed by atoms with Gasteiger partial charge in [-0.05, 0) is 0 Å². The smallest absolute Gasteiger partial charge is 0.342 e. The molecule has 0 aliphatic heterocycles. The molecule has 0 fully saturated rings. The van der Waals surface area contributed by atoms with Crippen molar-refractivity contribution >= 4 is 0 Å². The Balaban J connectivity index is 3.15. The molecule has 6 heteroatoms. The summed E-state index contributed by atoms with van der Waals surface area (Å²) in [5.74, 6) is -5.78. The van der Waals surface area contributed by atoms with Gasteiger partial charge in [-0.2, -0.15) is 0 Å². The second-order valence-corrected chi connectivity index (χ2v) is 1.93. The molecular weight excluding hydrogens is 156 g/mol. The molecule has 0 spiro atoms. The fourth-order valence-electron chi connectivity index (χ4n) is 0.581. The first-order valence-corrected chi connectivity index (χ1v) is 2.60. The summed E-state index contributed by atoms with van der Waals surface area (Å²) in [5.41, 5.74) is 0. The van der Waals surface area contributed by atoms with Gasteiger partial charge in [-0.25, -0.2) is 0 Å². The maximum Gasteiger partial charge on any atom is 0.342 e. The maximum atomic E-state index is 8.75. The number of rotatable bonds is 1. The third-order valence-electron chi connectivity index (χ3n) is 1.05. The van der Waals surface area contributed by atoms with Gasteiger partial charge < -0.3 is 29.9 Å².